The van der Waals surface area contributed by atoms with E-state index >= 15 is 0 Å². The number of aromatic nitrogens is 3. The molecule has 0 aliphatic rings. The highest BCUT2D eigenvalue weighted by Crippen LogP contribution is 2.30. The Morgan fingerprint density at radius 2 is 2.00 bits per heavy atom. The van der Waals surface area contributed by atoms with Gasteiger partial charge in [0.15, 0.2) is 0 Å². The van der Waals surface area contributed by atoms with Gasteiger partial charge in [0.05, 0.1) is 11.3 Å². The van der Waals surface area contributed by atoms with Crippen molar-refractivity contribution >= 4 is 11.6 Å². The Kier molecular flexibility index (Phi) is 2.98. The predicted octanol–water partition coefficient (Wildman–Crippen LogP) is 2.89. The van der Waals surface area contributed by atoms with Crippen molar-refractivity contribution in [3.05, 3.63) is 35.7 Å². The van der Waals surface area contributed by atoms with Crippen LogP contribution < -0.4 is 5.32 Å². The molecular weight excluding hydrogens is 245 g/mol. The van der Waals surface area contributed by atoms with Crippen molar-refractivity contribution in [2.75, 3.05) is 5.32 Å². The molecule has 0 radical (unpaired) electrons. The Bertz CT molecular complexity index is 560. The van der Waals surface area contributed by atoms with Crippen molar-refractivity contribution in [1.82, 2.24) is 14.8 Å². The van der Waals surface area contributed by atoms with Gasteiger partial charge in [-0.15, -0.1) is 0 Å². The lowest BCUT2D eigenvalue weighted by Crippen LogP contribution is -2.07. The Hall–Kier alpha value is -2.05. The van der Waals surface area contributed by atoms with Crippen molar-refractivity contribution in [3.63, 3.8) is 0 Å². The normalized spacial score (nSPS) is 11.6. The summed E-state index contributed by atoms with van der Waals surface area (Å²) in [4.78, 5) is 3.85. The summed E-state index contributed by atoms with van der Waals surface area (Å²) in [6, 6.07) is 3.62. The van der Waals surface area contributed by atoms with Crippen LogP contribution in [-0.4, -0.2) is 14.8 Å². The Balaban J connectivity index is 2.27. The molecule has 0 aliphatic carbocycles. The molecule has 0 fully saturated rings. The maximum absolute atomic E-state index is 12.5. The molecule has 0 aromatic carbocycles. The molecule has 0 atom stereocenters. The minimum absolute atomic E-state index is 0.132. The number of anilines is 2. The number of nitrogens with one attached hydrogen (secondary N) is 1. The summed E-state index contributed by atoms with van der Waals surface area (Å²) >= 11 is 0. The molecular formula is C11H11F3N4. The summed E-state index contributed by atoms with van der Waals surface area (Å²) in [6.45, 7) is 1.80. The Labute approximate surface area is 101 Å². The van der Waals surface area contributed by atoms with Crippen LogP contribution in [-0.2, 0) is 13.2 Å². The topological polar surface area (TPSA) is 42.7 Å². The quantitative estimate of drug-likeness (QED) is 0.898. The molecule has 4 nitrogen and oxygen atoms in total. The van der Waals surface area contributed by atoms with Crippen molar-refractivity contribution < 1.29 is 13.2 Å². The fraction of sp³-hybridized carbons (Fsp3) is 0.273. The molecule has 0 saturated carbocycles. The van der Waals surface area contributed by atoms with E-state index in [0.29, 0.717) is 5.82 Å². The molecule has 0 amide bonds. The monoisotopic (exact) mass is 256 g/mol. The smallest absolute Gasteiger partial charge is 0.325 e. The van der Waals surface area contributed by atoms with Crippen LogP contribution >= 0.6 is 0 Å². The average molecular weight is 256 g/mol. The summed E-state index contributed by atoms with van der Waals surface area (Å²) in [5.74, 6) is 0.715. The third-order valence-corrected chi connectivity index (χ3v) is 2.35. The molecule has 2 heterocycles. The van der Waals surface area contributed by atoms with Crippen LogP contribution in [0.2, 0.25) is 0 Å². The first-order valence-electron chi connectivity index (χ1n) is 5.17. The van der Waals surface area contributed by atoms with Gasteiger partial charge < -0.3 is 5.32 Å². The van der Waals surface area contributed by atoms with Crippen LogP contribution in [0.3, 0.4) is 0 Å². The molecule has 0 spiro atoms. The average Bonchev–Trinajstić information content (AvgIpc) is 2.56. The molecule has 0 aliphatic heterocycles. The first-order chi connectivity index (χ1) is 8.36. The van der Waals surface area contributed by atoms with Crippen molar-refractivity contribution in [3.8, 4) is 0 Å². The van der Waals surface area contributed by atoms with E-state index in [0.717, 1.165) is 24.0 Å². The van der Waals surface area contributed by atoms with Gasteiger partial charge in [-0.1, -0.05) is 0 Å². The van der Waals surface area contributed by atoms with Gasteiger partial charge in [0.25, 0.3) is 0 Å². The van der Waals surface area contributed by atoms with Gasteiger partial charge in [-0.25, -0.2) is 4.98 Å². The lowest BCUT2D eigenvalue weighted by atomic mass is 10.2. The van der Waals surface area contributed by atoms with Crippen LogP contribution in [0.25, 0.3) is 0 Å². The Morgan fingerprint density at radius 1 is 1.28 bits per heavy atom. The highest BCUT2D eigenvalue weighted by atomic mass is 19.4. The molecule has 0 unspecified atom stereocenters. The zero-order chi connectivity index (χ0) is 13.3. The van der Waals surface area contributed by atoms with E-state index in [1.807, 2.05) is 0 Å². The fourth-order valence-corrected chi connectivity index (χ4v) is 1.53. The van der Waals surface area contributed by atoms with E-state index in [1.165, 1.54) is 4.68 Å². The lowest BCUT2D eigenvalue weighted by molar-refractivity contribution is -0.137. The second kappa shape index (κ2) is 4.32. The van der Waals surface area contributed by atoms with Crippen LogP contribution in [0.15, 0.2) is 24.4 Å². The van der Waals surface area contributed by atoms with E-state index in [2.05, 4.69) is 15.4 Å². The number of halogens is 3. The molecule has 2 aromatic rings. The molecule has 0 bridgehead atoms. The van der Waals surface area contributed by atoms with E-state index < -0.39 is 11.7 Å². The number of pyridine rings is 1. The van der Waals surface area contributed by atoms with Gasteiger partial charge in [-0.2, -0.15) is 18.3 Å². The van der Waals surface area contributed by atoms with Gasteiger partial charge in [-0.05, 0) is 19.1 Å². The lowest BCUT2D eigenvalue weighted by Gasteiger charge is -2.09. The van der Waals surface area contributed by atoms with Crippen molar-refractivity contribution in [2.24, 2.45) is 7.05 Å². The number of hydrogen-bond acceptors (Lipinski definition) is 3. The van der Waals surface area contributed by atoms with Crippen LogP contribution in [0.1, 0.15) is 11.3 Å². The third kappa shape index (κ3) is 2.61. The molecule has 7 heteroatoms. The summed E-state index contributed by atoms with van der Waals surface area (Å²) in [5, 5.41) is 6.88. The number of hydrogen-bond donors (Lipinski definition) is 1. The number of rotatable bonds is 2. The molecule has 1 N–H and O–H groups in total. The molecule has 0 saturated heterocycles. The maximum atomic E-state index is 12.5. The third-order valence-electron chi connectivity index (χ3n) is 2.35. The van der Waals surface area contributed by atoms with Crippen LogP contribution in [0, 0.1) is 6.92 Å². The van der Waals surface area contributed by atoms with E-state index in [9.17, 15) is 13.2 Å². The zero-order valence-corrected chi connectivity index (χ0v) is 9.78. The number of nitrogens with zero attached hydrogens (tertiary/aromatic N) is 3. The first kappa shape index (κ1) is 12.4. The summed E-state index contributed by atoms with van der Waals surface area (Å²) in [6.07, 6.45) is -3.25. The van der Waals surface area contributed by atoms with Crippen molar-refractivity contribution in [1.29, 1.82) is 0 Å². The van der Waals surface area contributed by atoms with Crippen molar-refractivity contribution in [2.45, 2.75) is 13.1 Å². The van der Waals surface area contributed by atoms with Gasteiger partial charge in [0.2, 0.25) is 0 Å². The van der Waals surface area contributed by atoms with Gasteiger partial charge in [0, 0.05) is 19.3 Å². The minimum Gasteiger partial charge on any atom is -0.325 e. The SMILES string of the molecule is Cc1cc(Nc2cc(C(F)(F)F)ccn2)n(C)n1. The molecule has 96 valence electrons. The second-order valence-electron chi connectivity index (χ2n) is 3.85. The summed E-state index contributed by atoms with van der Waals surface area (Å²) in [7, 11) is 1.70. The van der Waals surface area contributed by atoms with Gasteiger partial charge in [-0.3, -0.25) is 4.68 Å². The molecule has 18 heavy (non-hydrogen) atoms. The summed E-state index contributed by atoms with van der Waals surface area (Å²) < 4.78 is 39.1. The van der Waals surface area contributed by atoms with Crippen LogP contribution in [0.5, 0.6) is 0 Å². The molecule has 2 aromatic heterocycles. The van der Waals surface area contributed by atoms with E-state index in [4.69, 9.17) is 0 Å². The fourth-order valence-electron chi connectivity index (χ4n) is 1.53. The standard InChI is InChI=1S/C11H11F3N4/c1-7-5-10(18(2)17-7)16-9-6-8(3-4-15-9)11(12,13)14/h3-6H,1-2H3,(H,15,16). The predicted molar refractivity (Wildman–Crippen MR) is 60.5 cm³/mol. The van der Waals surface area contributed by atoms with Gasteiger partial charge in [0.1, 0.15) is 11.6 Å². The second-order valence-corrected chi connectivity index (χ2v) is 3.85. The van der Waals surface area contributed by atoms with Gasteiger partial charge >= 0.3 is 6.18 Å². The number of alkyl halides is 3. The Morgan fingerprint density at radius 3 is 2.56 bits per heavy atom. The highest BCUT2D eigenvalue weighted by molar-refractivity contribution is 5.53. The van der Waals surface area contributed by atoms with E-state index in [-0.39, 0.29) is 5.82 Å². The first-order valence-corrected chi connectivity index (χ1v) is 5.17. The zero-order valence-electron chi connectivity index (χ0n) is 9.78. The largest absolute Gasteiger partial charge is 0.416 e. The number of aryl methyl sites for hydroxylation is 2. The van der Waals surface area contributed by atoms with Crippen LogP contribution in [0.4, 0.5) is 24.8 Å². The minimum atomic E-state index is -4.37. The maximum Gasteiger partial charge on any atom is 0.416 e. The summed E-state index contributed by atoms with van der Waals surface area (Å²) in [5.41, 5.74) is 0.0332. The van der Waals surface area contributed by atoms with E-state index in [1.54, 1.807) is 20.0 Å². The highest BCUT2D eigenvalue weighted by Gasteiger charge is 2.30. The molecule has 2 rings (SSSR count).